The van der Waals surface area contributed by atoms with E-state index in [-0.39, 0.29) is 56.1 Å². The van der Waals surface area contributed by atoms with Gasteiger partial charge in [0.25, 0.3) is 0 Å². The molecule has 0 unspecified atom stereocenters. The van der Waals surface area contributed by atoms with Gasteiger partial charge in [-0.25, -0.2) is 4.73 Å². The van der Waals surface area contributed by atoms with Crippen LogP contribution in [0.25, 0.3) is 0 Å². The molecule has 0 amide bonds. The predicted octanol–water partition coefficient (Wildman–Crippen LogP) is -1.77. The SMILES string of the molecule is Nc1c([N+](=O)[O-])c(N)[n+]([O-])c(N)c1[N+](=O)[O-].[KH]. The van der Waals surface area contributed by atoms with E-state index < -0.39 is 38.5 Å². The summed E-state index contributed by atoms with van der Waals surface area (Å²) in [6.07, 6.45) is 0. The van der Waals surface area contributed by atoms with Crippen molar-refractivity contribution in [1.82, 2.24) is 0 Å². The monoisotopic (exact) mass is 270 g/mol. The predicted molar refractivity (Wildman–Crippen MR) is 59.1 cm³/mol. The average Bonchev–Trinajstić information content (AvgIpc) is 2.13. The molecule has 0 aromatic carbocycles. The number of nitrogens with zero attached hydrogens (tertiary/aromatic N) is 3. The second kappa shape index (κ2) is 5.41. The van der Waals surface area contributed by atoms with Crippen molar-refractivity contribution in [1.29, 1.82) is 0 Å². The molecule has 11 nitrogen and oxygen atoms in total. The van der Waals surface area contributed by atoms with Gasteiger partial charge in [0.05, 0.1) is 9.85 Å². The van der Waals surface area contributed by atoms with Crippen molar-refractivity contribution in [3.05, 3.63) is 25.4 Å². The normalized spacial score (nSPS) is 9.41. The van der Waals surface area contributed by atoms with E-state index in [1.54, 1.807) is 0 Å². The molecule has 1 heterocycles. The number of hydrogen-bond donors (Lipinski definition) is 3. The van der Waals surface area contributed by atoms with Crippen molar-refractivity contribution in [2.45, 2.75) is 0 Å². The Kier molecular flexibility index (Phi) is 5.03. The second-order valence-electron chi connectivity index (χ2n) is 2.69. The summed E-state index contributed by atoms with van der Waals surface area (Å²) in [5.74, 6) is -1.80. The van der Waals surface area contributed by atoms with Gasteiger partial charge in [-0.2, -0.15) is 0 Å². The Labute approximate surface area is 136 Å². The van der Waals surface area contributed by atoms with Crippen LogP contribution in [0.1, 0.15) is 0 Å². The van der Waals surface area contributed by atoms with E-state index in [0.717, 1.165) is 0 Å². The molecule has 88 valence electrons. The number of hydrogen-bond acceptors (Lipinski definition) is 8. The Balaban J connectivity index is 0.00000256. The van der Waals surface area contributed by atoms with Crippen molar-refractivity contribution in [3.8, 4) is 0 Å². The van der Waals surface area contributed by atoms with Crippen LogP contribution in [0.5, 0.6) is 0 Å². The third-order valence-corrected chi connectivity index (χ3v) is 1.80. The zero-order valence-electron chi connectivity index (χ0n) is 7.61. The average molecular weight is 270 g/mol. The van der Waals surface area contributed by atoms with Crippen LogP contribution in [0, 0.1) is 25.4 Å². The number of aromatic nitrogens is 1. The summed E-state index contributed by atoms with van der Waals surface area (Å²) in [4.78, 5) is 18.8. The van der Waals surface area contributed by atoms with E-state index in [1.165, 1.54) is 0 Å². The van der Waals surface area contributed by atoms with Crippen molar-refractivity contribution in [2.24, 2.45) is 0 Å². The minimum absolute atomic E-state index is 0. The molecular weight excluding hydrogens is 263 g/mol. The first-order chi connectivity index (χ1) is 7.29. The zero-order valence-corrected chi connectivity index (χ0v) is 7.61. The Morgan fingerprint density at radius 2 is 1.24 bits per heavy atom. The first kappa shape index (κ1) is 15.8. The van der Waals surface area contributed by atoms with Crippen molar-refractivity contribution < 1.29 is 14.6 Å². The molecule has 0 fully saturated rings. The van der Waals surface area contributed by atoms with E-state index in [0.29, 0.717) is 0 Å². The molecule has 0 atom stereocenters. The molecule has 1 rings (SSSR count). The molecule has 0 saturated heterocycles. The molecular formula is C5H7KN6O5. The van der Waals surface area contributed by atoms with Crippen LogP contribution < -0.4 is 21.9 Å². The van der Waals surface area contributed by atoms with Crippen LogP contribution in [0.3, 0.4) is 0 Å². The Morgan fingerprint density at radius 1 is 0.941 bits per heavy atom. The molecule has 0 aliphatic heterocycles. The standard InChI is InChI=1S/C5H6N6O5.K.H/c6-1-2(10(13)14)4(7)9(12)5(8)3(1)11(15)16;;/h6-8H2;;. The number of anilines is 3. The van der Waals surface area contributed by atoms with Crippen molar-refractivity contribution in [2.75, 3.05) is 17.2 Å². The minimum atomic E-state index is -1.09. The quantitative estimate of drug-likeness (QED) is 0.185. The number of nitro groups is 2. The second-order valence-corrected chi connectivity index (χ2v) is 2.69. The first-order valence-corrected chi connectivity index (χ1v) is 3.67. The van der Waals surface area contributed by atoms with Crippen LogP contribution in [0.4, 0.5) is 28.7 Å². The van der Waals surface area contributed by atoms with E-state index in [4.69, 9.17) is 17.2 Å². The van der Waals surface area contributed by atoms with Crippen LogP contribution in [-0.4, -0.2) is 61.2 Å². The van der Waals surface area contributed by atoms with E-state index in [1.807, 2.05) is 0 Å². The summed E-state index contributed by atoms with van der Waals surface area (Å²) in [6.45, 7) is 0. The van der Waals surface area contributed by atoms with Gasteiger partial charge in [0, 0.05) is 0 Å². The number of nitrogen functional groups attached to an aromatic ring is 3. The summed E-state index contributed by atoms with van der Waals surface area (Å²) in [5, 5.41) is 32.2. The fraction of sp³-hybridized carbons (Fsp3) is 0. The van der Waals surface area contributed by atoms with Gasteiger partial charge in [0.1, 0.15) is 0 Å². The van der Waals surface area contributed by atoms with E-state index in [9.17, 15) is 25.4 Å². The molecule has 0 spiro atoms. The molecule has 0 saturated carbocycles. The maximum atomic E-state index is 11.2. The van der Waals surface area contributed by atoms with Crippen LogP contribution >= 0.6 is 0 Å². The van der Waals surface area contributed by atoms with Crippen molar-refractivity contribution >= 4 is 80.1 Å². The van der Waals surface area contributed by atoms with Gasteiger partial charge >= 0.3 is 74.4 Å². The summed E-state index contributed by atoms with van der Waals surface area (Å²) >= 11 is 0. The molecule has 0 aliphatic carbocycles. The molecule has 17 heavy (non-hydrogen) atoms. The first-order valence-electron chi connectivity index (χ1n) is 3.67. The van der Waals surface area contributed by atoms with Gasteiger partial charge in [0.2, 0.25) is 5.69 Å². The van der Waals surface area contributed by atoms with Crippen LogP contribution in [0.2, 0.25) is 0 Å². The molecule has 0 radical (unpaired) electrons. The summed E-state index contributed by atoms with van der Waals surface area (Å²) in [5.41, 5.74) is 12.4. The fourth-order valence-corrected chi connectivity index (χ4v) is 1.09. The molecule has 0 aliphatic rings. The van der Waals surface area contributed by atoms with Gasteiger partial charge < -0.3 is 22.4 Å². The van der Waals surface area contributed by atoms with Gasteiger partial charge in [-0.05, 0) is 0 Å². The van der Waals surface area contributed by atoms with Gasteiger partial charge in [-0.15, -0.1) is 0 Å². The van der Waals surface area contributed by atoms with Crippen LogP contribution in [0.15, 0.2) is 0 Å². The molecule has 6 N–H and O–H groups in total. The molecule has 1 aromatic rings. The summed E-state index contributed by atoms with van der Waals surface area (Å²) in [7, 11) is 0. The Bertz CT molecular complexity index is 463. The third-order valence-electron chi connectivity index (χ3n) is 1.80. The Morgan fingerprint density at radius 3 is 1.47 bits per heavy atom. The summed E-state index contributed by atoms with van der Waals surface area (Å²) in [6, 6.07) is 0. The zero-order chi connectivity index (χ0) is 12.6. The maximum absolute atomic E-state index is 11.2. The van der Waals surface area contributed by atoms with E-state index in [2.05, 4.69) is 0 Å². The number of rotatable bonds is 2. The topological polar surface area (TPSA) is 191 Å². The van der Waals surface area contributed by atoms with E-state index >= 15 is 0 Å². The van der Waals surface area contributed by atoms with Crippen LogP contribution in [-0.2, 0) is 0 Å². The molecule has 0 bridgehead atoms. The molecule has 12 heteroatoms. The fourth-order valence-electron chi connectivity index (χ4n) is 1.09. The third kappa shape index (κ3) is 2.55. The number of pyridine rings is 1. The van der Waals surface area contributed by atoms with Gasteiger partial charge in [-0.3, -0.25) is 20.2 Å². The summed E-state index contributed by atoms with van der Waals surface area (Å²) < 4.78 is -0.313. The van der Waals surface area contributed by atoms with Gasteiger partial charge in [-0.1, -0.05) is 0 Å². The van der Waals surface area contributed by atoms with Gasteiger partial charge in [0.15, 0.2) is 0 Å². The molecule has 1 aromatic heterocycles. The van der Waals surface area contributed by atoms with Crippen molar-refractivity contribution in [3.63, 3.8) is 0 Å². The number of nitrogens with two attached hydrogens (primary N) is 3. The Hall–Kier alpha value is -1.21.